The molecular weight excluding hydrogens is 242 g/mol. The number of Topliss-reactive ketones (excluding diaryl/α,β-unsaturated/α-hetero) is 1. The summed E-state index contributed by atoms with van der Waals surface area (Å²) in [7, 11) is 0. The number of ether oxygens (including phenoxy) is 1. The number of phenols is 1. The van der Waals surface area contributed by atoms with Gasteiger partial charge in [-0.3, -0.25) is 9.69 Å². The van der Waals surface area contributed by atoms with Gasteiger partial charge in [0.2, 0.25) is 0 Å². The van der Waals surface area contributed by atoms with Crippen LogP contribution in [0.1, 0.15) is 12.5 Å². The van der Waals surface area contributed by atoms with E-state index in [-0.39, 0.29) is 17.5 Å². The van der Waals surface area contributed by atoms with Gasteiger partial charge in [-0.05, 0) is 24.1 Å². The number of rotatable bonds is 5. The minimum atomic E-state index is -0.0235. The molecule has 1 aromatic rings. The maximum absolute atomic E-state index is 12.2. The van der Waals surface area contributed by atoms with Crippen LogP contribution in [0.3, 0.4) is 0 Å². The number of aromatic hydroxyl groups is 1. The maximum Gasteiger partial charge on any atom is 0.149 e. The van der Waals surface area contributed by atoms with Crippen LogP contribution >= 0.6 is 0 Å². The summed E-state index contributed by atoms with van der Waals surface area (Å²) < 4.78 is 5.27. The van der Waals surface area contributed by atoms with Gasteiger partial charge in [0.1, 0.15) is 11.5 Å². The summed E-state index contributed by atoms with van der Waals surface area (Å²) in [6.45, 7) is 5.56. The molecule has 0 radical (unpaired) electrons. The van der Waals surface area contributed by atoms with E-state index in [2.05, 4.69) is 4.90 Å². The van der Waals surface area contributed by atoms with E-state index in [1.807, 2.05) is 19.1 Å². The molecule has 4 nitrogen and oxygen atoms in total. The Labute approximate surface area is 114 Å². The summed E-state index contributed by atoms with van der Waals surface area (Å²) in [5, 5.41) is 9.42. The fourth-order valence-electron chi connectivity index (χ4n) is 2.29. The highest BCUT2D eigenvalue weighted by molar-refractivity contribution is 5.82. The quantitative estimate of drug-likeness (QED) is 0.874. The molecule has 0 spiro atoms. The molecule has 0 aliphatic carbocycles. The molecule has 2 rings (SSSR count). The van der Waals surface area contributed by atoms with Crippen molar-refractivity contribution in [2.75, 3.05) is 32.8 Å². The van der Waals surface area contributed by atoms with Crippen LogP contribution in [0.5, 0.6) is 5.75 Å². The molecule has 19 heavy (non-hydrogen) atoms. The summed E-state index contributed by atoms with van der Waals surface area (Å²) in [6, 6.07) is 7.12. The van der Waals surface area contributed by atoms with Crippen LogP contribution in [0.4, 0.5) is 0 Å². The first kappa shape index (κ1) is 14.0. The Balaban J connectivity index is 1.84. The van der Waals surface area contributed by atoms with Gasteiger partial charge in [0.05, 0.1) is 19.8 Å². The number of benzene rings is 1. The number of nitrogens with zero attached hydrogens (tertiary/aromatic N) is 1. The second-order valence-electron chi connectivity index (χ2n) is 5.13. The first-order valence-corrected chi connectivity index (χ1v) is 6.76. The van der Waals surface area contributed by atoms with Crippen molar-refractivity contribution in [3.63, 3.8) is 0 Å². The molecule has 1 unspecified atom stereocenters. The monoisotopic (exact) mass is 263 g/mol. The van der Waals surface area contributed by atoms with Crippen LogP contribution < -0.4 is 0 Å². The Bertz CT molecular complexity index is 427. The van der Waals surface area contributed by atoms with Crippen molar-refractivity contribution in [1.29, 1.82) is 0 Å². The zero-order chi connectivity index (χ0) is 13.7. The first-order chi connectivity index (χ1) is 9.15. The van der Waals surface area contributed by atoms with Crippen molar-refractivity contribution in [2.24, 2.45) is 5.92 Å². The van der Waals surface area contributed by atoms with E-state index < -0.39 is 0 Å². The fourth-order valence-corrected chi connectivity index (χ4v) is 2.29. The summed E-state index contributed by atoms with van der Waals surface area (Å²) in [4.78, 5) is 14.3. The van der Waals surface area contributed by atoms with Gasteiger partial charge >= 0.3 is 0 Å². The molecule has 1 aliphatic heterocycles. The molecule has 0 saturated carbocycles. The summed E-state index contributed by atoms with van der Waals surface area (Å²) in [6.07, 6.45) is 0.678. The van der Waals surface area contributed by atoms with E-state index in [4.69, 9.17) is 4.74 Å². The Kier molecular flexibility index (Phi) is 4.93. The molecule has 1 atom stereocenters. The van der Waals surface area contributed by atoms with E-state index in [0.29, 0.717) is 26.2 Å². The van der Waals surface area contributed by atoms with Crippen LogP contribution in [0.2, 0.25) is 0 Å². The van der Waals surface area contributed by atoms with Gasteiger partial charge in [0.15, 0.2) is 0 Å². The van der Waals surface area contributed by atoms with Gasteiger partial charge in [-0.2, -0.15) is 0 Å². The predicted molar refractivity (Wildman–Crippen MR) is 73.2 cm³/mol. The first-order valence-electron chi connectivity index (χ1n) is 6.76. The topological polar surface area (TPSA) is 49.8 Å². The second-order valence-corrected chi connectivity index (χ2v) is 5.13. The lowest BCUT2D eigenvalue weighted by Gasteiger charge is -2.26. The van der Waals surface area contributed by atoms with Gasteiger partial charge < -0.3 is 9.84 Å². The zero-order valence-corrected chi connectivity index (χ0v) is 11.3. The van der Waals surface area contributed by atoms with Crippen molar-refractivity contribution >= 4 is 5.78 Å². The lowest BCUT2D eigenvalue weighted by molar-refractivity contribution is -0.124. The summed E-state index contributed by atoms with van der Waals surface area (Å²) in [5.41, 5.74) is 1.00. The van der Waals surface area contributed by atoms with E-state index in [0.717, 1.165) is 18.7 Å². The Morgan fingerprint density at radius 1 is 1.42 bits per heavy atom. The Morgan fingerprint density at radius 2 is 2.16 bits per heavy atom. The standard InChI is InChI=1S/C15H21NO3/c1-12(9-13-3-2-4-14(17)10-13)15(18)11-16-5-7-19-8-6-16/h2-4,10,12,17H,5-9,11H2,1H3. The van der Waals surface area contributed by atoms with Crippen molar-refractivity contribution in [2.45, 2.75) is 13.3 Å². The molecule has 1 aliphatic rings. The number of morpholine rings is 1. The largest absolute Gasteiger partial charge is 0.508 e. The number of ketones is 1. The van der Waals surface area contributed by atoms with Crippen LogP contribution in [0, 0.1) is 5.92 Å². The minimum absolute atomic E-state index is 0.0235. The SMILES string of the molecule is CC(Cc1cccc(O)c1)C(=O)CN1CCOCC1. The lowest BCUT2D eigenvalue weighted by Crippen LogP contribution is -2.41. The normalized spacial score (nSPS) is 18.2. The van der Waals surface area contributed by atoms with E-state index in [9.17, 15) is 9.90 Å². The van der Waals surface area contributed by atoms with Crippen LogP contribution in [-0.4, -0.2) is 48.6 Å². The van der Waals surface area contributed by atoms with Crippen LogP contribution in [0.15, 0.2) is 24.3 Å². The number of carbonyl (C=O) groups is 1. The molecule has 1 heterocycles. The second kappa shape index (κ2) is 6.68. The highest BCUT2D eigenvalue weighted by Gasteiger charge is 2.19. The third-order valence-corrected chi connectivity index (χ3v) is 3.49. The molecule has 0 amide bonds. The van der Waals surface area contributed by atoms with Crippen LogP contribution in [0.25, 0.3) is 0 Å². The third kappa shape index (κ3) is 4.33. The van der Waals surface area contributed by atoms with Crippen molar-refractivity contribution in [3.8, 4) is 5.75 Å². The van der Waals surface area contributed by atoms with Gasteiger partial charge in [-0.1, -0.05) is 19.1 Å². The number of hydrogen-bond donors (Lipinski definition) is 1. The molecular formula is C15H21NO3. The molecule has 0 bridgehead atoms. The zero-order valence-electron chi connectivity index (χ0n) is 11.3. The average Bonchev–Trinajstić information content (AvgIpc) is 2.40. The number of hydrogen-bond acceptors (Lipinski definition) is 4. The van der Waals surface area contributed by atoms with Crippen molar-refractivity contribution in [3.05, 3.63) is 29.8 Å². The van der Waals surface area contributed by atoms with Crippen molar-refractivity contribution < 1.29 is 14.6 Å². The minimum Gasteiger partial charge on any atom is -0.508 e. The van der Waals surface area contributed by atoms with E-state index >= 15 is 0 Å². The Morgan fingerprint density at radius 3 is 2.84 bits per heavy atom. The van der Waals surface area contributed by atoms with E-state index in [1.54, 1.807) is 12.1 Å². The van der Waals surface area contributed by atoms with Gasteiger partial charge in [-0.25, -0.2) is 0 Å². The summed E-state index contributed by atoms with van der Waals surface area (Å²) >= 11 is 0. The average molecular weight is 263 g/mol. The summed E-state index contributed by atoms with van der Waals surface area (Å²) in [5.74, 6) is 0.486. The van der Waals surface area contributed by atoms with Gasteiger partial charge in [0, 0.05) is 19.0 Å². The number of carbonyl (C=O) groups excluding carboxylic acids is 1. The van der Waals surface area contributed by atoms with Gasteiger partial charge in [0.25, 0.3) is 0 Å². The predicted octanol–water partition coefficient (Wildman–Crippen LogP) is 1.47. The maximum atomic E-state index is 12.2. The highest BCUT2D eigenvalue weighted by Crippen LogP contribution is 2.15. The molecule has 4 heteroatoms. The molecule has 0 aromatic heterocycles. The highest BCUT2D eigenvalue weighted by atomic mass is 16.5. The fraction of sp³-hybridized carbons (Fsp3) is 0.533. The van der Waals surface area contributed by atoms with Gasteiger partial charge in [-0.15, -0.1) is 0 Å². The van der Waals surface area contributed by atoms with E-state index in [1.165, 1.54) is 0 Å². The van der Waals surface area contributed by atoms with Crippen LogP contribution in [-0.2, 0) is 16.0 Å². The smallest absolute Gasteiger partial charge is 0.149 e. The lowest BCUT2D eigenvalue weighted by atomic mass is 9.96. The molecule has 1 fully saturated rings. The molecule has 1 aromatic carbocycles. The molecule has 104 valence electrons. The number of phenolic OH excluding ortho intramolecular Hbond substituents is 1. The Hall–Kier alpha value is -1.39. The third-order valence-electron chi connectivity index (χ3n) is 3.49. The van der Waals surface area contributed by atoms with Crippen molar-refractivity contribution in [1.82, 2.24) is 4.90 Å². The molecule has 1 saturated heterocycles. The molecule has 1 N–H and O–H groups in total.